The second-order valence-corrected chi connectivity index (χ2v) is 9.29. The summed E-state index contributed by atoms with van der Waals surface area (Å²) < 4.78 is 5.38. The third kappa shape index (κ3) is 3.76. The minimum Gasteiger partial charge on any atom is -0.507 e. The van der Waals surface area contributed by atoms with Crippen molar-refractivity contribution in [3.63, 3.8) is 0 Å². The van der Waals surface area contributed by atoms with Crippen LogP contribution in [0.5, 0.6) is 11.6 Å². The molecule has 1 amide bonds. The highest BCUT2D eigenvalue weighted by atomic mass is 32.1. The zero-order valence-electron chi connectivity index (χ0n) is 18.8. The molecule has 0 atom stereocenters. The number of thiophene rings is 1. The second-order valence-electron chi connectivity index (χ2n) is 8.29. The minimum atomic E-state index is -0.0851. The van der Waals surface area contributed by atoms with Crippen LogP contribution < -0.4 is 4.74 Å². The second kappa shape index (κ2) is 8.46. The Kier molecular flexibility index (Phi) is 5.12. The van der Waals surface area contributed by atoms with Crippen LogP contribution in [-0.2, 0) is 13.0 Å². The SMILES string of the molecule is COc1ncccc1-c1ccc(O)c(-c2nc3cc(C(=O)N4CCc5sccc5C4)c#cc3[nH]2)c1. The molecule has 1 aliphatic rings. The van der Waals surface area contributed by atoms with Gasteiger partial charge in [-0.2, -0.15) is 0 Å². The maximum absolute atomic E-state index is 13.2. The van der Waals surface area contributed by atoms with Gasteiger partial charge in [-0.25, -0.2) is 9.97 Å². The van der Waals surface area contributed by atoms with Gasteiger partial charge >= 0.3 is 0 Å². The number of benzene rings is 1. The molecule has 0 radical (unpaired) electrons. The summed E-state index contributed by atoms with van der Waals surface area (Å²) in [4.78, 5) is 28.4. The van der Waals surface area contributed by atoms with Crippen LogP contribution in [0.3, 0.4) is 0 Å². The van der Waals surface area contributed by atoms with Crippen molar-refractivity contribution >= 4 is 28.3 Å². The number of pyridine rings is 1. The number of fused-ring (bicyclic) bond motifs is 2. The predicted molar refractivity (Wildman–Crippen MR) is 133 cm³/mol. The van der Waals surface area contributed by atoms with Gasteiger partial charge in [0.25, 0.3) is 5.91 Å². The molecular weight excluding hydrogens is 460 g/mol. The lowest BCUT2D eigenvalue weighted by atomic mass is 10.0. The molecule has 0 fully saturated rings. The summed E-state index contributed by atoms with van der Waals surface area (Å²) in [6.45, 7) is 1.29. The monoisotopic (exact) mass is 480 g/mol. The summed E-state index contributed by atoms with van der Waals surface area (Å²) in [5.74, 6) is 0.957. The molecule has 7 nitrogen and oxygen atoms in total. The van der Waals surface area contributed by atoms with Crippen molar-refractivity contribution < 1.29 is 14.6 Å². The standard InChI is InChI=1S/C27H20N4O3S/c1-34-26-19(3-2-10-28-26)16-5-7-23(32)20(13-16)25-29-21-6-4-17(14-22(21)30-25)27(33)31-11-8-24-18(15-31)9-12-35-24/h2-3,5,7,9-10,12-14,32H,8,11,15H2,1H3,(H,29,30). The number of H-pyrrole nitrogens is 1. The van der Waals surface area contributed by atoms with Crippen LogP contribution in [0.1, 0.15) is 20.8 Å². The highest BCUT2D eigenvalue weighted by Gasteiger charge is 2.23. The number of aromatic amines is 1. The number of aromatic nitrogens is 3. The van der Waals surface area contributed by atoms with Crippen LogP contribution in [0.15, 0.2) is 54.0 Å². The number of hydrogen-bond acceptors (Lipinski definition) is 6. The average Bonchev–Trinajstić information content (AvgIpc) is 3.54. The molecule has 0 saturated heterocycles. The van der Waals surface area contributed by atoms with Crippen molar-refractivity contribution in [1.82, 2.24) is 19.9 Å². The molecule has 4 heterocycles. The summed E-state index contributed by atoms with van der Waals surface area (Å²) >= 11 is 1.74. The lowest BCUT2D eigenvalue weighted by Gasteiger charge is -2.26. The summed E-state index contributed by atoms with van der Waals surface area (Å²) in [6.07, 6.45) is 2.53. The number of imidazole rings is 1. The quantitative estimate of drug-likeness (QED) is 0.383. The Morgan fingerprint density at radius 3 is 3.00 bits per heavy atom. The Bertz CT molecular complexity index is 1570. The van der Waals surface area contributed by atoms with Gasteiger partial charge in [0.1, 0.15) is 17.1 Å². The number of nitrogens with zero attached hydrogens (tertiary/aromatic N) is 3. The number of ether oxygens (including phenoxy) is 1. The number of carbonyl (C=O) groups excluding carboxylic acids is 1. The predicted octanol–water partition coefficient (Wildman–Crippen LogP) is 4.87. The lowest BCUT2D eigenvalue weighted by Crippen LogP contribution is -2.35. The van der Waals surface area contributed by atoms with E-state index in [1.807, 2.05) is 23.1 Å². The molecule has 2 aromatic carbocycles. The highest BCUT2D eigenvalue weighted by molar-refractivity contribution is 7.10. The van der Waals surface area contributed by atoms with Gasteiger partial charge in [0.05, 0.1) is 23.8 Å². The van der Waals surface area contributed by atoms with Gasteiger partial charge in [0, 0.05) is 29.7 Å². The number of aromatic hydroxyl groups is 1. The summed E-state index contributed by atoms with van der Waals surface area (Å²) in [5.41, 5.74) is 4.97. The van der Waals surface area contributed by atoms with Crippen molar-refractivity contribution in [3.05, 3.63) is 82.2 Å². The largest absolute Gasteiger partial charge is 0.507 e. The molecule has 3 aromatic heterocycles. The third-order valence-corrected chi connectivity index (χ3v) is 7.21. The van der Waals surface area contributed by atoms with E-state index in [2.05, 4.69) is 38.5 Å². The summed E-state index contributed by atoms with van der Waals surface area (Å²) in [7, 11) is 1.57. The normalized spacial score (nSPS) is 12.9. The number of phenolic OH excluding ortho intramolecular Hbond substituents is 1. The fourth-order valence-electron chi connectivity index (χ4n) is 4.39. The first-order valence-corrected chi connectivity index (χ1v) is 12.0. The molecule has 0 unspecified atom stereocenters. The number of phenols is 1. The Hall–Kier alpha value is -4.35. The summed E-state index contributed by atoms with van der Waals surface area (Å²) in [5, 5.41) is 12.7. The first kappa shape index (κ1) is 21.2. The smallest absolute Gasteiger partial charge is 0.262 e. The number of amides is 1. The molecule has 2 N–H and O–H groups in total. The van der Waals surface area contributed by atoms with E-state index < -0.39 is 0 Å². The third-order valence-electron chi connectivity index (χ3n) is 6.19. The number of methoxy groups -OCH3 is 1. The Morgan fingerprint density at radius 1 is 1.20 bits per heavy atom. The minimum absolute atomic E-state index is 0.0795. The van der Waals surface area contributed by atoms with E-state index in [4.69, 9.17) is 4.74 Å². The number of carbonyl (C=O) groups is 1. The van der Waals surface area contributed by atoms with Gasteiger partial charge in [0.15, 0.2) is 0 Å². The van der Waals surface area contributed by atoms with Crippen molar-refractivity contribution in [2.45, 2.75) is 13.0 Å². The zero-order valence-corrected chi connectivity index (χ0v) is 19.6. The van der Waals surface area contributed by atoms with Crippen molar-refractivity contribution in [2.24, 2.45) is 0 Å². The fourth-order valence-corrected chi connectivity index (χ4v) is 5.28. The zero-order chi connectivity index (χ0) is 23.9. The Labute approximate surface area is 205 Å². The number of hydrogen-bond donors (Lipinski definition) is 2. The van der Waals surface area contributed by atoms with Gasteiger partial charge in [-0.05, 0) is 65.4 Å². The topological polar surface area (TPSA) is 91.3 Å². The van der Waals surface area contributed by atoms with E-state index in [1.165, 1.54) is 10.4 Å². The lowest BCUT2D eigenvalue weighted by molar-refractivity contribution is 0.0736. The van der Waals surface area contributed by atoms with Gasteiger partial charge in [-0.1, -0.05) is 12.1 Å². The molecular formula is C27H20N4O3S. The van der Waals surface area contributed by atoms with Crippen LogP contribution >= 0.6 is 11.3 Å². The molecule has 0 bridgehead atoms. The number of nitrogens with one attached hydrogen (secondary N) is 1. The van der Waals surface area contributed by atoms with E-state index in [0.717, 1.165) is 17.5 Å². The number of rotatable bonds is 4. The molecule has 5 aromatic rings. The van der Waals surface area contributed by atoms with E-state index >= 15 is 0 Å². The van der Waals surface area contributed by atoms with Crippen LogP contribution in [0.4, 0.5) is 0 Å². The van der Waals surface area contributed by atoms with E-state index in [1.54, 1.807) is 42.8 Å². The molecule has 0 saturated carbocycles. The van der Waals surface area contributed by atoms with Gasteiger partial charge < -0.3 is 19.7 Å². The van der Waals surface area contributed by atoms with E-state index in [9.17, 15) is 9.90 Å². The van der Waals surface area contributed by atoms with Crippen LogP contribution in [0.25, 0.3) is 33.5 Å². The molecule has 0 aliphatic carbocycles. The molecule has 35 heavy (non-hydrogen) atoms. The molecule has 172 valence electrons. The van der Waals surface area contributed by atoms with Crippen molar-refractivity contribution in [3.8, 4) is 34.1 Å². The molecule has 6 rings (SSSR count). The van der Waals surface area contributed by atoms with Gasteiger partial charge in [-0.15, -0.1) is 11.3 Å². The van der Waals surface area contributed by atoms with Gasteiger partial charge in [-0.3, -0.25) is 4.79 Å². The fraction of sp³-hybridized carbons (Fsp3) is 0.148. The van der Waals surface area contributed by atoms with Crippen molar-refractivity contribution in [1.29, 1.82) is 0 Å². The van der Waals surface area contributed by atoms with Crippen LogP contribution in [-0.4, -0.2) is 44.5 Å². The first-order chi connectivity index (χ1) is 17.1. The van der Waals surface area contributed by atoms with Crippen molar-refractivity contribution in [2.75, 3.05) is 13.7 Å². The first-order valence-electron chi connectivity index (χ1n) is 11.1. The van der Waals surface area contributed by atoms with E-state index in [-0.39, 0.29) is 11.7 Å². The van der Waals surface area contributed by atoms with Crippen LogP contribution in [0.2, 0.25) is 0 Å². The Morgan fingerprint density at radius 2 is 2.11 bits per heavy atom. The van der Waals surface area contributed by atoms with Gasteiger partial charge in [0.2, 0.25) is 5.88 Å². The van der Waals surface area contributed by atoms with Crippen LogP contribution in [0, 0.1) is 12.1 Å². The maximum atomic E-state index is 13.2. The molecule has 8 heteroatoms. The Balaban J connectivity index is 1.33. The van der Waals surface area contributed by atoms with E-state index in [0.29, 0.717) is 47.0 Å². The highest BCUT2D eigenvalue weighted by Crippen LogP contribution is 2.35. The summed E-state index contributed by atoms with van der Waals surface area (Å²) in [6, 6.07) is 18.8. The molecule has 1 aliphatic heterocycles. The molecule has 0 spiro atoms. The average molecular weight is 481 g/mol. The maximum Gasteiger partial charge on any atom is 0.262 e.